The minimum absolute atomic E-state index is 0.0109. The average Bonchev–Trinajstić information content (AvgIpc) is 2.59. The van der Waals surface area contributed by atoms with Gasteiger partial charge in [-0.25, -0.2) is 0 Å². The molecule has 0 spiro atoms. The van der Waals surface area contributed by atoms with Crippen molar-refractivity contribution in [2.75, 3.05) is 18.4 Å². The number of nitrogens with one attached hydrogen (secondary N) is 1. The number of piperidine rings is 1. The van der Waals surface area contributed by atoms with E-state index >= 15 is 0 Å². The van der Waals surface area contributed by atoms with Gasteiger partial charge in [0.05, 0.1) is 0 Å². The average molecular weight is 344 g/mol. The van der Waals surface area contributed by atoms with Crippen molar-refractivity contribution in [3.8, 4) is 0 Å². The van der Waals surface area contributed by atoms with Gasteiger partial charge in [0, 0.05) is 31.1 Å². The van der Waals surface area contributed by atoms with E-state index in [2.05, 4.69) is 39.1 Å². The summed E-state index contributed by atoms with van der Waals surface area (Å²) < 4.78 is 0. The van der Waals surface area contributed by atoms with E-state index in [9.17, 15) is 9.59 Å². The van der Waals surface area contributed by atoms with Crippen LogP contribution in [0, 0.1) is 5.92 Å². The van der Waals surface area contributed by atoms with Crippen molar-refractivity contribution in [1.29, 1.82) is 0 Å². The Balaban J connectivity index is 1.93. The quantitative estimate of drug-likeness (QED) is 0.863. The van der Waals surface area contributed by atoms with Crippen LogP contribution in [0.3, 0.4) is 0 Å². The maximum absolute atomic E-state index is 12.7. The van der Waals surface area contributed by atoms with Gasteiger partial charge in [0.1, 0.15) is 0 Å². The third-order valence-electron chi connectivity index (χ3n) is 4.96. The van der Waals surface area contributed by atoms with E-state index in [1.807, 2.05) is 23.1 Å². The molecule has 138 valence electrons. The highest BCUT2D eigenvalue weighted by Gasteiger charge is 2.28. The van der Waals surface area contributed by atoms with Crippen LogP contribution in [0.1, 0.15) is 65.4 Å². The van der Waals surface area contributed by atoms with E-state index in [1.54, 1.807) is 0 Å². The van der Waals surface area contributed by atoms with Gasteiger partial charge in [-0.2, -0.15) is 0 Å². The molecular formula is C21H32N2O2. The molecule has 1 aromatic rings. The number of carbonyl (C=O) groups is 2. The Kier molecular flexibility index (Phi) is 6.63. The van der Waals surface area contributed by atoms with Gasteiger partial charge in [0.15, 0.2) is 0 Å². The zero-order chi connectivity index (χ0) is 18.4. The van der Waals surface area contributed by atoms with Crippen LogP contribution in [0.5, 0.6) is 0 Å². The normalized spacial score (nSPS) is 15.9. The molecule has 1 aliphatic heterocycles. The molecule has 0 unspecified atom stereocenters. The number of amides is 2. The van der Waals surface area contributed by atoms with E-state index in [0.717, 1.165) is 36.9 Å². The molecular weight excluding hydrogens is 312 g/mol. The minimum atomic E-state index is -0.0149. The summed E-state index contributed by atoms with van der Waals surface area (Å²) in [4.78, 5) is 26.7. The van der Waals surface area contributed by atoms with Crippen LogP contribution >= 0.6 is 0 Å². The molecule has 2 rings (SSSR count). The number of para-hydroxylation sites is 1. The van der Waals surface area contributed by atoms with Crippen molar-refractivity contribution in [3.05, 3.63) is 29.8 Å². The Labute approximate surface area is 152 Å². The Morgan fingerprint density at radius 2 is 1.80 bits per heavy atom. The Hall–Kier alpha value is -1.84. The monoisotopic (exact) mass is 344 g/mol. The molecule has 0 aliphatic carbocycles. The predicted octanol–water partition coefficient (Wildman–Crippen LogP) is 4.35. The third-order valence-corrected chi connectivity index (χ3v) is 4.96. The lowest BCUT2D eigenvalue weighted by atomic mass is 9.85. The van der Waals surface area contributed by atoms with E-state index < -0.39 is 0 Å². The molecule has 1 aromatic carbocycles. The molecule has 1 saturated heterocycles. The van der Waals surface area contributed by atoms with Gasteiger partial charge in [0.25, 0.3) is 0 Å². The van der Waals surface area contributed by atoms with Gasteiger partial charge < -0.3 is 10.2 Å². The molecule has 4 heteroatoms. The highest BCUT2D eigenvalue weighted by Crippen LogP contribution is 2.30. The molecule has 1 fully saturated rings. The van der Waals surface area contributed by atoms with Gasteiger partial charge in [-0.3, -0.25) is 9.59 Å². The fourth-order valence-electron chi connectivity index (χ4n) is 3.36. The van der Waals surface area contributed by atoms with Crippen LogP contribution < -0.4 is 5.32 Å². The highest BCUT2D eigenvalue weighted by atomic mass is 16.2. The summed E-state index contributed by atoms with van der Waals surface area (Å²) >= 11 is 0. The van der Waals surface area contributed by atoms with Crippen molar-refractivity contribution in [3.63, 3.8) is 0 Å². The largest absolute Gasteiger partial charge is 0.343 e. The molecule has 4 nitrogen and oxygen atoms in total. The van der Waals surface area contributed by atoms with Gasteiger partial charge in [-0.05, 0) is 36.3 Å². The smallest absolute Gasteiger partial charge is 0.227 e. The number of likely N-dealkylation sites (tertiary alicyclic amines) is 1. The molecule has 25 heavy (non-hydrogen) atoms. The lowest BCUT2D eigenvalue weighted by molar-refractivity contribution is -0.134. The number of rotatable bonds is 5. The summed E-state index contributed by atoms with van der Waals surface area (Å²) in [6.07, 6.45) is 4.12. The minimum Gasteiger partial charge on any atom is -0.343 e. The summed E-state index contributed by atoms with van der Waals surface area (Å²) in [7, 11) is 0. The van der Waals surface area contributed by atoms with Gasteiger partial charge >= 0.3 is 0 Å². The molecule has 1 aliphatic rings. The van der Waals surface area contributed by atoms with E-state index in [4.69, 9.17) is 0 Å². The van der Waals surface area contributed by atoms with Gasteiger partial charge in [0.2, 0.25) is 11.8 Å². The fraction of sp³-hybridized carbons (Fsp3) is 0.619. The molecule has 0 atom stereocenters. The lowest BCUT2D eigenvalue weighted by Gasteiger charge is -2.32. The van der Waals surface area contributed by atoms with Crippen LogP contribution in [-0.4, -0.2) is 29.8 Å². The van der Waals surface area contributed by atoms with Crippen molar-refractivity contribution < 1.29 is 9.59 Å². The summed E-state index contributed by atoms with van der Waals surface area (Å²) in [6.45, 7) is 9.94. The molecule has 0 bridgehead atoms. The first kappa shape index (κ1) is 19.5. The van der Waals surface area contributed by atoms with E-state index in [-0.39, 0.29) is 23.1 Å². The van der Waals surface area contributed by atoms with Crippen LogP contribution in [0.4, 0.5) is 5.69 Å². The summed E-state index contributed by atoms with van der Waals surface area (Å²) in [5.74, 6) is 0.305. The Morgan fingerprint density at radius 1 is 1.16 bits per heavy atom. The second-order valence-corrected chi connectivity index (χ2v) is 8.04. The predicted molar refractivity (Wildman–Crippen MR) is 103 cm³/mol. The molecule has 1 heterocycles. The van der Waals surface area contributed by atoms with Gasteiger partial charge in [-0.15, -0.1) is 0 Å². The van der Waals surface area contributed by atoms with Crippen molar-refractivity contribution >= 4 is 17.5 Å². The fourth-order valence-corrected chi connectivity index (χ4v) is 3.36. The third kappa shape index (κ3) is 5.32. The molecule has 2 amide bonds. The maximum Gasteiger partial charge on any atom is 0.227 e. The van der Waals surface area contributed by atoms with E-state index in [1.165, 1.54) is 0 Å². The zero-order valence-corrected chi connectivity index (χ0v) is 16.1. The first-order valence-electron chi connectivity index (χ1n) is 9.51. The van der Waals surface area contributed by atoms with Crippen LogP contribution in [0.2, 0.25) is 0 Å². The summed E-state index contributed by atoms with van der Waals surface area (Å²) in [5.41, 5.74) is 2.04. The Bertz CT molecular complexity index is 596. The highest BCUT2D eigenvalue weighted by molar-refractivity contribution is 5.93. The molecule has 0 radical (unpaired) electrons. The molecule has 0 aromatic heterocycles. The number of nitrogens with zero attached hydrogens (tertiary/aromatic N) is 1. The van der Waals surface area contributed by atoms with Crippen molar-refractivity contribution in [2.45, 2.75) is 65.2 Å². The number of hydrogen-bond donors (Lipinski definition) is 1. The maximum atomic E-state index is 12.7. The number of benzene rings is 1. The first-order chi connectivity index (χ1) is 11.8. The van der Waals surface area contributed by atoms with Crippen LogP contribution in [-0.2, 0) is 15.0 Å². The number of hydrogen-bond acceptors (Lipinski definition) is 2. The first-order valence-corrected chi connectivity index (χ1v) is 9.51. The van der Waals surface area contributed by atoms with Crippen LogP contribution in [0.25, 0.3) is 0 Å². The van der Waals surface area contributed by atoms with Gasteiger partial charge in [-0.1, -0.05) is 52.3 Å². The molecule has 1 N–H and O–H groups in total. The SMILES string of the molecule is CCCCC(=O)N1CCC(C(=O)Nc2ccccc2C(C)(C)C)CC1. The number of carbonyl (C=O) groups excluding carboxylic acids is 2. The number of anilines is 1. The molecule has 0 saturated carbocycles. The standard InChI is InChI=1S/C21H32N2O2/c1-5-6-11-19(24)23-14-12-16(13-15-23)20(25)22-18-10-8-7-9-17(18)21(2,3)4/h7-10,16H,5-6,11-15H2,1-4H3,(H,22,25). The van der Waals surface area contributed by atoms with Crippen LogP contribution in [0.15, 0.2) is 24.3 Å². The summed E-state index contributed by atoms with van der Waals surface area (Å²) in [6, 6.07) is 8.02. The number of unbranched alkanes of at least 4 members (excludes halogenated alkanes) is 1. The second-order valence-electron chi connectivity index (χ2n) is 8.04. The van der Waals surface area contributed by atoms with E-state index in [0.29, 0.717) is 19.5 Å². The topological polar surface area (TPSA) is 49.4 Å². The lowest BCUT2D eigenvalue weighted by Crippen LogP contribution is -2.41. The Morgan fingerprint density at radius 3 is 2.40 bits per heavy atom. The van der Waals surface area contributed by atoms with Crippen molar-refractivity contribution in [2.24, 2.45) is 5.92 Å². The zero-order valence-electron chi connectivity index (χ0n) is 16.1. The second kappa shape index (κ2) is 8.50. The van der Waals surface area contributed by atoms with Crippen molar-refractivity contribution in [1.82, 2.24) is 4.90 Å². The summed E-state index contributed by atoms with van der Waals surface area (Å²) in [5, 5.41) is 3.12.